The van der Waals surface area contributed by atoms with Crippen molar-refractivity contribution in [1.82, 2.24) is 4.90 Å². The van der Waals surface area contributed by atoms with Gasteiger partial charge in [0.1, 0.15) is 5.60 Å². The molecule has 1 N–H and O–H groups in total. The highest BCUT2D eigenvalue weighted by atomic mass is 16.6. The molecule has 0 spiro atoms. The number of aliphatic carboxylic acids is 1. The quantitative estimate of drug-likeness (QED) is 0.835. The lowest BCUT2D eigenvalue weighted by atomic mass is 10.0. The third kappa shape index (κ3) is 4.40. The number of carbonyl (C=O) groups excluding carboxylic acids is 1. The van der Waals surface area contributed by atoms with E-state index >= 15 is 0 Å². The molecule has 0 saturated heterocycles. The highest BCUT2D eigenvalue weighted by Gasteiger charge is 2.50. The SMILES string of the molecule is CC(C)N(CCC1(C(=O)O)CC1)C(=O)OC(C)(C)C. The van der Waals surface area contributed by atoms with Gasteiger partial charge in [0.25, 0.3) is 0 Å². The second-order valence-electron chi connectivity index (χ2n) is 6.60. The summed E-state index contributed by atoms with van der Waals surface area (Å²) in [5, 5.41) is 9.15. The first-order chi connectivity index (χ1) is 8.57. The van der Waals surface area contributed by atoms with Crippen molar-refractivity contribution >= 4 is 12.1 Å². The van der Waals surface area contributed by atoms with Crippen LogP contribution in [0.3, 0.4) is 0 Å². The summed E-state index contributed by atoms with van der Waals surface area (Å²) < 4.78 is 5.35. The molecule has 1 saturated carbocycles. The van der Waals surface area contributed by atoms with E-state index in [2.05, 4.69) is 0 Å². The van der Waals surface area contributed by atoms with Gasteiger partial charge in [-0.3, -0.25) is 4.79 Å². The van der Waals surface area contributed by atoms with Gasteiger partial charge in [0.05, 0.1) is 5.41 Å². The predicted molar refractivity (Wildman–Crippen MR) is 72.0 cm³/mol. The zero-order chi connectivity index (χ0) is 14.8. The van der Waals surface area contributed by atoms with Gasteiger partial charge in [-0.15, -0.1) is 0 Å². The molecule has 1 fully saturated rings. The maximum Gasteiger partial charge on any atom is 0.410 e. The van der Waals surface area contributed by atoms with Gasteiger partial charge >= 0.3 is 12.1 Å². The summed E-state index contributed by atoms with van der Waals surface area (Å²) in [6, 6.07) is -0.000514. The van der Waals surface area contributed by atoms with Gasteiger partial charge < -0.3 is 14.7 Å². The summed E-state index contributed by atoms with van der Waals surface area (Å²) in [6.07, 6.45) is 1.55. The molecule has 5 heteroatoms. The summed E-state index contributed by atoms with van der Waals surface area (Å²) in [5.74, 6) is -0.750. The van der Waals surface area contributed by atoms with Crippen LogP contribution in [0.5, 0.6) is 0 Å². The standard InChI is InChI=1S/C14H25NO4/c1-10(2)15(12(18)19-13(3,4)5)9-8-14(6-7-14)11(16)17/h10H,6-9H2,1-5H3,(H,16,17). The maximum absolute atomic E-state index is 12.1. The lowest BCUT2D eigenvalue weighted by molar-refractivity contribution is -0.143. The Morgan fingerprint density at radius 3 is 2.16 bits per heavy atom. The van der Waals surface area contributed by atoms with E-state index in [0.29, 0.717) is 25.8 Å². The van der Waals surface area contributed by atoms with Crippen LogP contribution in [0.2, 0.25) is 0 Å². The minimum absolute atomic E-state index is 0.000514. The fraction of sp³-hybridized carbons (Fsp3) is 0.857. The molecule has 110 valence electrons. The highest BCUT2D eigenvalue weighted by Crippen LogP contribution is 2.49. The summed E-state index contributed by atoms with van der Waals surface area (Å²) >= 11 is 0. The molecule has 19 heavy (non-hydrogen) atoms. The Morgan fingerprint density at radius 2 is 1.84 bits per heavy atom. The second kappa shape index (κ2) is 5.39. The molecule has 0 aromatic heterocycles. The summed E-state index contributed by atoms with van der Waals surface area (Å²) in [5.41, 5.74) is -1.14. The Balaban J connectivity index is 2.59. The molecule has 0 aliphatic heterocycles. The molecule has 0 atom stereocenters. The number of hydrogen-bond donors (Lipinski definition) is 1. The van der Waals surface area contributed by atoms with Crippen LogP contribution in [0.1, 0.15) is 53.9 Å². The zero-order valence-electron chi connectivity index (χ0n) is 12.5. The van der Waals surface area contributed by atoms with Crippen LogP contribution in [0, 0.1) is 5.41 Å². The van der Waals surface area contributed by atoms with Gasteiger partial charge in [-0.25, -0.2) is 4.79 Å². The Kier molecular flexibility index (Phi) is 4.48. The number of carbonyl (C=O) groups is 2. The van der Waals surface area contributed by atoms with E-state index in [-0.39, 0.29) is 12.1 Å². The Morgan fingerprint density at radius 1 is 1.32 bits per heavy atom. The molecule has 1 amide bonds. The monoisotopic (exact) mass is 271 g/mol. The normalized spacial score (nSPS) is 17.2. The van der Waals surface area contributed by atoms with E-state index in [0.717, 1.165) is 0 Å². The van der Waals surface area contributed by atoms with E-state index in [1.807, 2.05) is 34.6 Å². The van der Waals surface area contributed by atoms with E-state index in [4.69, 9.17) is 9.84 Å². The van der Waals surface area contributed by atoms with Crippen molar-refractivity contribution < 1.29 is 19.4 Å². The van der Waals surface area contributed by atoms with Gasteiger partial charge in [-0.05, 0) is 53.9 Å². The molecule has 1 aliphatic carbocycles. The third-order valence-corrected chi connectivity index (χ3v) is 3.39. The average Bonchev–Trinajstić information content (AvgIpc) is 2.95. The Labute approximate surface area is 114 Å². The lowest BCUT2D eigenvalue weighted by Crippen LogP contribution is -2.42. The van der Waals surface area contributed by atoms with Crippen molar-refractivity contribution in [3.63, 3.8) is 0 Å². The first-order valence-electron chi connectivity index (χ1n) is 6.80. The van der Waals surface area contributed by atoms with Crippen LogP contribution in [0.4, 0.5) is 4.79 Å². The molecule has 5 nitrogen and oxygen atoms in total. The van der Waals surface area contributed by atoms with Gasteiger partial charge in [0.2, 0.25) is 0 Å². The van der Waals surface area contributed by atoms with Crippen molar-refractivity contribution in [1.29, 1.82) is 0 Å². The average molecular weight is 271 g/mol. The fourth-order valence-corrected chi connectivity index (χ4v) is 1.94. The van der Waals surface area contributed by atoms with Crippen molar-refractivity contribution in [2.45, 2.75) is 65.5 Å². The third-order valence-electron chi connectivity index (χ3n) is 3.39. The number of carboxylic acid groups (broad SMARTS) is 1. The van der Waals surface area contributed by atoms with Crippen molar-refractivity contribution in [2.24, 2.45) is 5.41 Å². The van der Waals surface area contributed by atoms with Crippen LogP contribution >= 0.6 is 0 Å². The summed E-state index contributed by atoms with van der Waals surface area (Å²) in [7, 11) is 0. The van der Waals surface area contributed by atoms with Crippen LogP contribution in [-0.4, -0.2) is 40.3 Å². The molecule has 0 radical (unpaired) electrons. The molecule has 1 aliphatic rings. The first kappa shape index (κ1) is 15.8. The van der Waals surface area contributed by atoms with E-state index < -0.39 is 17.0 Å². The molecule has 0 bridgehead atoms. The lowest BCUT2D eigenvalue weighted by Gasteiger charge is -2.30. The number of nitrogens with zero attached hydrogens (tertiary/aromatic N) is 1. The highest BCUT2D eigenvalue weighted by molar-refractivity contribution is 5.77. The second-order valence-corrected chi connectivity index (χ2v) is 6.60. The van der Waals surface area contributed by atoms with Crippen molar-refractivity contribution in [3.05, 3.63) is 0 Å². The zero-order valence-corrected chi connectivity index (χ0v) is 12.5. The number of carboxylic acids is 1. The van der Waals surface area contributed by atoms with Crippen LogP contribution < -0.4 is 0 Å². The molecular formula is C14H25NO4. The molecule has 0 unspecified atom stereocenters. The Hall–Kier alpha value is -1.26. The number of rotatable bonds is 5. The topological polar surface area (TPSA) is 66.8 Å². The van der Waals surface area contributed by atoms with Crippen LogP contribution in [0.25, 0.3) is 0 Å². The van der Waals surface area contributed by atoms with E-state index in [9.17, 15) is 9.59 Å². The van der Waals surface area contributed by atoms with Crippen LogP contribution in [0.15, 0.2) is 0 Å². The minimum Gasteiger partial charge on any atom is -0.481 e. The summed E-state index contributed by atoms with van der Waals surface area (Å²) in [6.45, 7) is 9.71. The number of ether oxygens (including phenoxy) is 1. The molecule has 0 aromatic rings. The minimum atomic E-state index is -0.750. The maximum atomic E-state index is 12.1. The van der Waals surface area contributed by atoms with Gasteiger partial charge in [-0.2, -0.15) is 0 Å². The molecule has 0 heterocycles. The number of amides is 1. The van der Waals surface area contributed by atoms with Gasteiger partial charge in [-0.1, -0.05) is 0 Å². The molecule has 0 aromatic carbocycles. The van der Waals surface area contributed by atoms with E-state index in [1.54, 1.807) is 4.90 Å². The van der Waals surface area contributed by atoms with E-state index in [1.165, 1.54) is 0 Å². The smallest absolute Gasteiger partial charge is 0.410 e. The van der Waals surface area contributed by atoms with Gasteiger partial charge in [0.15, 0.2) is 0 Å². The first-order valence-corrected chi connectivity index (χ1v) is 6.80. The summed E-state index contributed by atoms with van der Waals surface area (Å²) in [4.78, 5) is 24.8. The van der Waals surface area contributed by atoms with Crippen molar-refractivity contribution in [2.75, 3.05) is 6.54 Å². The number of hydrogen-bond acceptors (Lipinski definition) is 3. The molecular weight excluding hydrogens is 246 g/mol. The van der Waals surface area contributed by atoms with Gasteiger partial charge in [0, 0.05) is 12.6 Å². The fourth-order valence-electron chi connectivity index (χ4n) is 1.94. The predicted octanol–water partition coefficient (Wildman–Crippen LogP) is 2.89. The Bertz CT molecular complexity index is 353. The van der Waals surface area contributed by atoms with Crippen molar-refractivity contribution in [3.8, 4) is 0 Å². The molecule has 1 rings (SSSR count). The van der Waals surface area contributed by atoms with Crippen LogP contribution in [-0.2, 0) is 9.53 Å². The largest absolute Gasteiger partial charge is 0.481 e.